The Morgan fingerprint density at radius 1 is 1.23 bits per heavy atom. The van der Waals surface area contributed by atoms with Crippen LogP contribution in [0.1, 0.15) is 5.56 Å². The summed E-state index contributed by atoms with van der Waals surface area (Å²) in [5.41, 5.74) is 2.43. The lowest BCUT2D eigenvalue weighted by molar-refractivity contribution is -0.121. The van der Waals surface area contributed by atoms with E-state index in [0.29, 0.717) is 24.2 Å². The molecule has 1 aromatic heterocycles. The molecule has 2 heterocycles. The summed E-state index contributed by atoms with van der Waals surface area (Å²) in [6, 6.07) is 9.71. The fourth-order valence-electron chi connectivity index (χ4n) is 3.11. The number of carbonyl (C=O) groups excluding carboxylic acids is 1. The number of benzene rings is 2. The van der Waals surface area contributed by atoms with Gasteiger partial charge in [0.25, 0.3) is 5.91 Å². The maximum atomic E-state index is 12.8. The molecule has 0 radical (unpaired) electrons. The number of rotatable bonds is 6. The molecule has 0 spiro atoms. The van der Waals surface area contributed by atoms with E-state index in [9.17, 15) is 13.2 Å². The fourth-order valence-corrected chi connectivity index (χ4v) is 4.71. The van der Waals surface area contributed by atoms with E-state index in [0.717, 1.165) is 5.56 Å². The highest BCUT2D eigenvalue weighted by molar-refractivity contribution is 7.89. The zero-order valence-electron chi connectivity index (χ0n) is 16.6. The zero-order chi connectivity index (χ0) is 22.0. The number of carbonyl (C=O) groups is 1. The highest BCUT2D eigenvalue weighted by atomic mass is 35.5. The molecule has 2 aromatic carbocycles. The molecule has 1 N–H and O–H groups in total. The van der Waals surface area contributed by atoms with Crippen molar-refractivity contribution < 1.29 is 22.8 Å². The molecule has 164 valence electrons. The van der Waals surface area contributed by atoms with E-state index in [2.05, 4.69) is 15.6 Å². The molecule has 31 heavy (non-hydrogen) atoms. The highest BCUT2D eigenvalue weighted by Crippen LogP contribution is 2.27. The average molecular weight is 466 g/mol. The lowest BCUT2D eigenvalue weighted by Gasteiger charge is -2.26. The van der Waals surface area contributed by atoms with Gasteiger partial charge in [0.15, 0.2) is 6.61 Å². The van der Waals surface area contributed by atoms with Gasteiger partial charge >= 0.3 is 0 Å². The van der Waals surface area contributed by atoms with E-state index in [1.807, 2.05) is 19.1 Å². The summed E-state index contributed by atoms with van der Waals surface area (Å²) in [5.74, 6) is -0.529. The quantitative estimate of drug-likeness (QED) is 0.586. The Bertz CT molecular complexity index is 1220. The summed E-state index contributed by atoms with van der Waals surface area (Å²) >= 11 is 6.16. The molecule has 0 atom stereocenters. The number of anilines is 1. The third kappa shape index (κ3) is 4.64. The van der Waals surface area contributed by atoms with Crippen LogP contribution < -0.4 is 10.2 Å². The van der Waals surface area contributed by atoms with Crippen LogP contribution in [0.5, 0.6) is 0 Å². The van der Waals surface area contributed by atoms with Gasteiger partial charge in [0.1, 0.15) is 11.0 Å². The monoisotopic (exact) mass is 465 g/mol. The minimum absolute atomic E-state index is 0.0350. The molecule has 12 heteroatoms. The van der Waals surface area contributed by atoms with Gasteiger partial charge in [-0.05, 0) is 48.0 Å². The number of ether oxygens (including phenoxy) is 1. The van der Waals surface area contributed by atoms with Crippen LogP contribution in [0.2, 0.25) is 5.02 Å². The first-order valence-electron chi connectivity index (χ1n) is 9.47. The van der Waals surface area contributed by atoms with Gasteiger partial charge in [-0.3, -0.25) is 4.79 Å². The second-order valence-corrected chi connectivity index (χ2v) is 9.28. The van der Waals surface area contributed by atoms with Crippen LogP contribution in [-0.4, -0.2) is 66.7 Å². The van der Waals surface area contributed by atoms with Crippen molar-refractivity contribution in [3.8, 4) is 0 Å². The van der Waals surface area contributed by atoms with Crippen molar-refractivity contribution in [2.45, 2.75) is 11.8 Å². The molecule has 10 nitrogen and oxygen atoms in total. The Kier molecular flexibility index (Phi) is 6.10. The van der Waals surface area contributed by atoms with Gasteiger partial charge in [-0.25, -0.2) is 8.42 Å². The van der Waals surface area contributed by atoms with Crippen LogP contribution >= 0.6 is 11.6 Å². The Balaban J connectivity index is 1.46. The molecule has 0 unspecified atom stereocenters. The molecule has 1 fully saturated rings. The van der Waals surface area contributed by atoms with Crippen molar-refractivity contribution >= 4 is 44.3 Å². The lowest BCUT2D eigenvalue weighted by Crippen LogP contribution is -2.40. The SMILES string of the molecule is Cc1ccc2nnn(OCC(=O)Nc3cc(S(=O)(=O)N4CCOCC4)ccc3Cl)c2c1. The van der Waals surface area contributed by atoms with Gasteiger partial charge in [-0.1, -0.05) is 22.5 Å². The number of nitrogens with zero attached hydrogens (tertiary/aromatic N) is 4. The number of aromatic nitrogens is 3. The van der Waals surface area contributed by atoms with E-state index >= 15 is 0 Å². The Morgan fingerprint density at radius 2 is 2.00 bits per heavy atom. The van der Waals surface area contributed by atoms with Crippen LogP contribution in [0, 0.1) is 6.92 Å². The first kappa shape index (κ1) is 21.5. The van der Waals surface area contributed by atoms with Crippen LogP contribution in [0.15, 0.2) is 41.3 Å². The summed E-state index contributed by atoms with van der Waals surface area (Å²) in [5, 5.41) is 10.6. The van der Waals surface area contributed by atoms with Crippen molar-refractivity contribution in [1.29, 1.82) is 0 Å². The first-order valence-corrected chi connectivity index (χ1v) is 11.3. The fraction of sp³-hybridized carbons (Fsp3) is 0.316. The van der Waals surface area contributed by atoms with Crippen LogP contribution in [0.25, 0.3) is 11.0 Å². The number of fused-ring (bicyclic) bond motifs is 1. The molecular formula is C19H20ClN5O5S. The predicted molar refractivity (Wildman–Crippen MR) is 113 cm³/mol. The Labute approximate surface area is 183 Å². The van der Waals surface area contributed by atoms with Gasteiger partial charge in [-0.2, -0.15) is 4.31 Å². The molecule has 0 bridgehead atoms. The van der Waals surface area contributed by atoms with Crippen molar-refractivity contribution in [2.24, 2.45) is 0 Å². The second-order valence-electron chi connectivity index (χ2n) is 6.93. The normalized spacial score (nSPS) is 15.2. The molecule has 1 aliphatic heterocycles. The number of aryl methyl sites for hydroxylation is 1. The number of morpholine rings is 1. The minimum Gasteiger partial charge on any atom is -0.385 e. The minimum atomic E-state index is -3.72. The Hall–Kier alpha value is -2.73. The number of halogens is 1. The molecule has 1 saturated heterocycles. The lowest BCUT2D eigenvalue weighted by atomic mass is 10.2. The van der Waals surface area contributed by atoms with Crippen LogP contribution in [0.3, 0.4) is 0 Å². The van der Waals surface area contributed by atoms with E-state index < -0.39 is 15.9 Å². The van der Waals surface area contributed by atoms with Gasteiger partial charge in [0.2, 0.25) is 10.0 Å². The maximum Gasteiger partial charge on any atom is 0.265 e. The molecular weight excluding hydrogens is 446 g/mol. The molecule has 1 amide bonds. The molecule has 3 aromatic rings. The van der Waals surface area contributed by atoms with Gasteiger partial charge in [-0.15, -0.1) is 5.10 Å². The van der Waals surface area contributed by atoms with Gasteiger partial charge in [0.05, 0.1) is 28.8 Å². The summed E-state index contributed by atoms with van der Waals surface area (Å²) in [6.07, 6.45) is 0. The molecule has 0 saturated carbocycles. The number of nitrogens with one attached hydrogen (secondary N) is 1. The number of sulfonamides is 1. The summed E-state index contributed by atoms with van der Waals surface area (Å²) < 4.78 is 32.2. The standard InChI is InChI=1S/C19H20ClN5O5S/c1-13-2-5-16-18(10-13)25(23-22-16)30-12-19(26)21-17-11-14(3-4-15(17)20)31(27,28)24-6-8-29-9-7-24/h2-5,10-11H,6-9,12H2,1H3,(H,21,26). The highest BCUT2D eigenvalue weighted by Gasteiger charge is 2.27. The van der Waals surface area contributed by atoms with Gasteiger partial charge < -0.3 is 14.9 Å². The third-order valence-electron chi connectivity index (χ3n) is 4.71. The largest absolute Gasteiger partial charge is 0.385 e. The number of amides is 1. The third-order valence-corrected chi connectivity index (χ3v) is 6.93. The van der Waals surface area contributed by atoms with Crippen LogP contribution in [-0.2, 0) is 19.6 Å². The topological polar surface area (TPSA) is 116 Å². The van der Waals surface area contributed by atoms with Crippen molar-refractivity contribution in [1.82, 2.24) is 19.5 Å². The number of hydrogen-bond donors (Lipinski definition) is 1. The van der Waals surface area contributed by atoms with Gasteiger partial charge in [0, 0.05) is 13.1 Å². The maximum absolute atomic E-state index is 12.8. The molecule has 0 aliphatic carbocycles. The summed E-state index contributed by atoms with van der Waals surface area (Å²) in [7, 11) is -3.72. The second kappa shape index (κ2) is 8.79. The van der Waals surface area contributed by atoms with E-state index in [-0.39, 0.29) is 35.3 Å². The predicted octanol–water partition coefficient (Wildman–Crippen LogP) is 1.48. The van der Waals surface area contributed by atoms with Crippen molar-refractivity contribution in [3.63, 3.8) is 0 Å². The molecule has 4 rings (SSSR count). The van der Waals surface area contributed by atoms with Crippen molar-refractivity contribution in [3.05, 3.63) is 47.0 Å². The van der Waals surface area contributed by atoms with Crippen LogP contribution in [0.4, 0.5) is 5.69 Å². The van der Waals surface area contributed by atoms with E-state index in [1.54, 1.807) is 6.07 Å². The first-order chi connectivity index (χ1) is 14.8. The van der Waals surface area contributed by atoms with E-state index in [1.165, 1.54) is 27.3 Å². The smallest absolute Gasteiger partial charge is 0.265 e. The Morgan fingerprint density at radius 3 is 2.77 bits per heavy atom. The van der Waals surface area contributed by atoms with Crippen molar-refractivity contribution in [2.75, 3.05) is 38.2 Å². The summed E-state index contributed by atoms with van der Waals surface area (Å²) in [6.45, 7) is 2.76. The summed E-state index contributed by atoms with van der Waals surface area (Å²) in [4.78, 5) is 19.0. The van der Waals surface area contributed by atoms with E-state index in [4.69, 9.17) is 21.2 Å². The molecule has 1 aliphatic rings. The average Bonchev–Trinajstić information content (AvgIpc) is 3.16. The number of hydrogen-bond acceptors (Lipinski definition) is 7. The zero-order valence-corrected chi connectivity index (χ0v) is 18.2.